The Hall–Kier alpha value is -2.12. The van der Waals surface area contributed by atoms with Gasteiger partial charge >= 0.3 is 11.9 Å². The van der Waals surface area contributed by atoms with Crippen molar-refractivity contribution in [1.82, 2.24) is 9.38 Å². The Morgan fingerprint density at radius 2 is 2.00 bits per heavy atom. The lowest BCUT2D eigenvalue weighted by Gasteiger charge is -2.10. The Morgan fingerprint density at radius 3 is 2.56 bits per heavy atom. The molecule has 0 bridgehead atoms. The molecule has 0 aliphatic rings. The van der Waals surface area contributed by atoms with Crippen LogP contribution in [0, 0.1) is 0 Å². The van der Waals surface area contributed by atoms with E-state index < -0.39 is 18.0 Å². The molecule has 0 amide bonds. The van der Waals surface area contributed by atoms with Crippen molar-refractivity contribution in [1.29, 1.82) is 0 Å². The second-order valence-corrected chi connectivity index (χ2v) is 3.87. The van der Waals surface area contributed by atoms with E-state index in [0.717, 1.165) is 10.6 Å². The van der Waals surface area contributed by atoms with Crippen molar-refractivity contribution in [3.63, 3.8) is 0 Å². The van der Waals surface area contributed by atoms with E-state index in [2.05, 4.69) is 4.98 Å². The summed E-state index contributed by atoms with van der Waals surface area (Å²) in [5, 5.41) is 27.1. The van der Waals surface area contributed by atoms with Gasteiger partial charge in [0.15, 0.2) is 11.8 Å². The number of rotatable bonds is 3. The number of aromatic carboxylic acids is 1. The van der Waals surface area contributed by atoms with Gasteiger partial charge < -0.3 is 15.3 Å². The van der Waals surface area contributed by atoms with Gasteiger partial charge in [-0.25, -0.2) is 14.6 Å². The van der Waals surface area contributed by atoms with Crippen molar-refractivity contribution in [2.24, 2.45) is 0 Å². The molecular weight excluding hydrogens is 264 g/mol. The second kappa shape index (κ2) is 4.28. The minimum atomic E-state index is -1.86. The number of nitrogens with zero attached hydrogens (tertiary/aromatic N) is 2. The molecule has 94 valence electrons. The Morgan fingerprint density at radius 1 is 1.33 bits per heavy atom. The van der Waals surface area contributed by atoms with Crippen LogP contribution >= 0.6 is 11.6 Å². The summed E-state index contributed by atoms with van der Waals surface area (Å²) in [7, 11) is 0. The highest BCUT2D eigenvalue weighted by Crippen LogP contribution is 2.25. The van der Waals surface area contributed by atoms with Crippen LogP contribution in [-0.4, -0.2) is 36.6 Å². The smallest absolute Gasteiger partial charge is 0.356 e. The van der Waals surface area contributed by atoms with E-state index in [-0.39, 0.29) is 22.1 Å². The van der Waals surface area contributed by atoms with E-state index in [1.807, 2.05) is 0 Å². The number of aliphatic carboxylic acids is 1. The molecule has 7 nitrogen and oxygen atoms in total. The van der Waals surface area contributed by atoms with Gasteiger partial charge in [0.1, 0.15) is 5.65 Å². The fraction of sp³-hybridized carbons (Fsp3) is 0.100. The van der Waals surface area contributed by atoms with E-state index in [1.165, 1.54) is 12.1 Å². The number of hydrogen-bond acceptors (Lipinski definition) is 4. The first-order chi connectivity index (χ1) is 8.41. The van der Waals surface area contributed by atoms with Crippen molar-refractivity contribution < 1.29 is 24.9 Å². The molecule has 18 heavy (non-hydrogen) atoms. The summed E-state index contributed by atoms with van der Waals surface area (Å²) in [6.45, 7) is 0. The number of aliphatic hydroxyl groups excluding tert-OH is 1. The van der Waals surface area contributed by atoms with Gasteiger partial charge in [-0.2, -0.15) is 0 Å². The predicted octanol–water partition coefficient (Wildman–Crippen LogP) is 0.804. The number of fused-ring (bicyclic) bond motifs is 1. The monoisotopic (exact) mass is 270 g/mol. The molecular formula is C10H7ClN2O5. The Kier molecular flexibility index (Phi) is 2.93. The summed E-state index contributed by atoms with van der Waals surface area (Å²) in [6, 6.07) is 2.77. The SMILES string of the molecule is O=C(O)c1cn2c(C(O)C(=O)O)c(Cl)ccc2n1. The number of carbonyl (C=O) groups is 2. The maximum atomic E-state index is 10.8. The number of halogens is 1. The van der Waals surface area contributed by atoms with Crippen molar-refractivity contribution >= 4 is 29.2 Å². The number of carboxylic acids is 2. The minimum Gasteiger partial charge on any atom is -0.479 e. The third-order valence-electron chi connectivity index (χ3n) is 2.33. The number of imidazole rings is 1. The van der Waals surface area contributed by atoms with Crippen LogP contribution < -0.4 is 0 Å². The van der Waals surface area contributed by atoms with Crippen LogP contribution in [0.3, 0.4) is 0 Å². The topological polar surface area (TPSA) is 112 Å². The van der Waals surface area contributed by atoms with Crippen LogP contribution in [-0.2, 0) is 4.79 Å². The van der Waals surface area contributed by atoms with Gasteiger partial charge in [0, 0.05) is 6.20 Å². The predicted molar refractivity (Wildman–Crippen MR) is 59.8 cm³/mol. The fourth-order valence-corrected chi connectivity index (χ4v) is 1.79. The Labute approximate surface area is 105 Å². The molecule has 0 aliphatic heterocycles. The third-order valence-corrected chi connectivity index (χ3v) is 2.65. The first-order valence-electron chi connectivity index (χ1n) is 4.73. The normalized spacial score (nSPS) is 12.6. The van der Waals surface area contributed by atoms with Gasteiger partial charge in [-0.05, 0) is 12.1 Å². The molecule has 0 saturated carbocycles. The number of pyridine rings is 1. The third kappa shape index (κ3) is 1.89. The van der Waals surface area contributed by atoms with E-state index in [0.29, 0.717) is 0 Å². The van der Waals surface area contributed by atoms with Gasteiger partial charge in [-0.1, -0.05) is 11.6 Å². The lowest BCUT2D eigenvalue weighted by atomic mass is 10.2. The first kappa shape index (κ1) is 12.3. The molecule has 2 aromatic rings. The van der Waals surface area contributed by atoms with Gasteiger partial charge in [-0.15, -0.1) is 0 Å². The number of hydrogen-bond donors (Lipinski definition) is 3. The Balaban J connectivity index is 2.73. The first-order valence-corrected chi connectivity index (χ1v) is 5.11. The summed E-state index contributed by atoms with van der Waals surface area (Å²) in [4.78, 5) is 25.3. The summed E-state index contributed by atoms with van der Waals surface area (Å²) in [6.07, 6.45) is -0.762. The fourth-order valence-electron chi connectivity index (χ4n) is 1.54. The van der Waals surface area contributed by atoms with Crippen LogP contribution in [0.2, 0.25) is 5.02 Å². The van der Waals surface area contributed by atoms with Crippen molar-refractivity contribution in [2.45, 2.75) is 6.10 Å². The molecule has 2 heterocycles. The summed E-state index contributed by atoms with van der Waals surface area (Å²) >= 11 is 5.81. The summed E-state index contributed by atoms with van der Waals surface area (Å²) in [5.41, 5.74) is -0.218. The van der Waals surface area contributed by atoms with Gasteiger partial charge in [-0.3, -0.25) is 4.40 Å². The van der Waals surface area contributed by atoms with Crippen LogP contribution in [0.5, 0.6) is 0 Å². The highest BCUT2D eigenvalue weighted by molar-refractivity contribution is 6.31. The lowest BCUT2D eigenvalue weighted by molar-refractivity contribution is -0.147. The number of carboxylic acid groups (broad SMARTS) is 2. The molecule has 3 N–H and O–H groups in total. The molecule has 0 radical (unpaired) electrons. The largest absolute Gasteiger partial charge is 0.479 e. The highest BCUT2D eigenvalue weighted by Gasteiger charge is 2.23. The highest BCUT2D eigenvalue weighted by atomic mass is 35.5. The van der Waals surface area contributed by atoms with E-state index >= 15 is 0 Å². The van der Waals surface area contributed by atoms with Gasteiger partial charge in [0.25, 0.3) is 0 Å². The zero-order chi connectivity index (χ0) is 13.4. The van der Waals surface area contributed by atoms with Crippen molar-refractivity contribution in [3.05, 3.63) is 34.7 Å². The lowest BCUT2D eigenvalue weighted by Crippen LogP contribution is -2.14. The number of aromatic nitrogens is 2. The molecule has 1 unspecified atom stereocenters. The van der Waals surface area contributed by atoms with Gasteiger partial charge in [0.2, 0.25) is 0 Å². The van der Waals surface area contributed by atoms with E-state index in [1.54, 1.807) is 0 Å². The summed E-state index contributed by atoms with van der Waals surface area (Å²) < 4.78 is 1.14. The zero-order valence-electron chi connectivity index (χ0n) is 8.74. The van der Waals surface area contributed by atoms with E-state index in [4.69, 9.17) is 21.8 Å². The van der Waals surface area contributed by atoms with Crippen LogP contribution in [0.25, 0.3) is 5.65 Å². The second-order valence-electron chi connectivity index (χ2n) is 3.47. The molecule has 8 heteroatoms. The molecule has 2 rings (SSSR count). The summed E-state index contributed by atoms with van der Waals surface area (Å²) in [5.74, 6) is -2.75. The molecule has 2 aromatic heterocycles. The standard InChI is InChI=1S/C10H7ClN2O5/c11-4-1-2-6-12-5(9(15)16)3-13(6)7(4)8(14)10(17)18/h1-3,8,14H,(H,15,16)(H,17,18). The van der Waals surface area contributed by atoms with E-state index in [9.17, 15) is 14.7 Å². The average Bonchev–Trinajstić information content (AvgIpc) is 2.71. The molecule has 1 atom stereocenters. The molecule has 0 aromatic carbocycles. The minimum absolute atomic E-state index is 0.00624. The van der Waals surface area contributed by atoms with Gasteiger partial charge in [0.05, 0.1) is 10.7 Å². The van der Waals surface area contributed by atoms with Crippen LogP contribution in [0.1, 0.15) is 22.3 Å². The molecule has 0 aliphatic carbocycles. The maximum Gasteiger partial charge on any atom is 0.356 e. The quantitative estimate of drug-likeness (QED) is 0.760. The van der Waals surface area contributed by atoms with Crippen molar-refractivity contribution in [2.75, 3.05) is 0 Å². The molecule has 0 spiro atoms. The number of aliphatic hydroxyl groups is 1. The van der Waals surface area contributed by atoms with Crippen LogP contribution in [0.15, 0.2) is 18.3 Å². The van der Waals surface area contributed by atoms with Crippen molar-refractivity contribution in [3.8, 4) is 0 Å². The maximum absolute atomic E-state index is 10.8. The molecule has 0 saturated heterocycles. The Bertz CT molecular complexity index is 651. The average molecular weight is 271 g/mol. The zero-order valence-corrected chi connectivity index (χ0v) is 9.50. The van der Waals surface area contributed by atoms with Crippen LogP contribution in [0.4, 0.5) is 0 Å². The molecule has 0 fully saturated rings.